The van der Waals surface area contributed by atoms with Crippen molar-refractivity contribution in [3.8, 4) is 0 Å². The topological polar surface area (TPSA) is 71.3 Å². The number of sulfonamides is 1. The number of nitrogens with zero attached hydrogens (tertiary/aromatic N) is 5. The smallest absolute Gasteiger partial charge is 0.355 e. The molecule has 2 aliphatic rings. The number of halogens is 3. The highest BCUT2D eigenvalue weighted by atomic mass is 32.2. The van der Waals surface area contributed by atoms with Crippen LogP contribution in [0.3, 0.4) is 0 Å². The lowest BCUT2D eigenvalue weighted by Crippen LogP contribution is -2.40. The summed E-state index contributed by atoms with van der Waals surface area (Å²) in [6.07, 6.45) is -1.17. The van der Waals surface area contributed by atoms with E-state index in [1.165, 1.54) is 10.5 Å². The predicted molar refractivity (Wildman–Crippen MR) is 95.2 cm³/mol. The van der Waals surface area contributed by atoms with Crippen LogP contribution >= 0.6 is 0 Å². The molecule has 7 nitrogen and oxygen atoms in total. The lowest BCUT2D eigenvalue weighted by molar-refractivity contribution is -0.137. The fraction of sp³-hybridized carbons (Fsp3) is 0.529. The van der Waals surface area contributed by atoms with Crippen LogP contribution in [-0.2, 0) is 23.2 Å². The first-order valence-corrected chi connectivity index (χ1v) is 10.3. The van der Waals surface area contributed by atoms with Gasteiger partial charge in [0.05, 0.1) is 5.56 Å². The van der Waals surface area contributed by atoms with Crippen molar-refractivity contribution in [1.82, 2.24) is 18.8 Å². The van der Waals surface area contributed by atoms with Gasteiger partial charge >= 0.3 is 6.18 Å². The van der Waals surface area contributed by atoms with Crippen molar-refractivity contribution < 1.29 is 21.6 Å². The summed E-state index contributed by atoms with van der Waals surface area (Å²) in [7, 11) is -2.03. The van der Waals surface area contributed by atoms with E-state index in [-0.39, 0.29) is 22.8 Å². The van der Waals surface area contributed by atoms with E-state index in [4.69, 9.17) is 0 Å². The SMILES string of the molecule is Cc1nc(S(=O)(=O)N2CCC3CN(c4cc(C(F)(F)F)ccn4)CC32)cn1C. The predicted octanol–water partition coefficient (Wildman–Crippen LogP) is 2.04. The van der Waals surface area contributed by atoms with E-state index < -0.39 is 21.8 Å². The summed E-state index contributed by atoms with van der Waals surface area (Å²) >= 11 is 0. The monoisotopic (exact) mass is 415 g/mol. The molecule has 11 heteroatoms. The zero-order valence-corrected chi connectivity index (χ0v) is 16.2. The Balaban J connectivity index is 1.58. The van der Waals surface area contributed by atoms with E-state index in [1.807, 2.05) is 0 Å². The van der Waals surface area contributed by atoms with Gasteiger partial charge in [0.25, 0.3) is 10.0 Å². The van der Waals surface area contributed by atoms with Crippen molar-refractivity contribution >= 4 is 15.8 Å². The highest BCUT2D eigenvalue weighted by Crippen LogP contribution is 2.38. The van der Waals surface area contributed by atoms with Crippen LogP contribution in [0.2, 0.25) is 0 Å². The maximum Gasteiger partial charge on any atom is 0.416 e. The largest absolute Gasteiger partial charge is 0.416 e. The Kier molecular flexibility index (Phi) is 4.42. The van der Waals surface area contributed by atoms with Crippen LogP contribution in [0.1, 0.15) is 17.8 Å². The quantitative estimate of drug-likeness (QED) is 0.767. The Morgan fingerprint density at radius 2 is 2.00 bits per heavy atom. The van der Waals surface area contributed by atoms with E-state index in [0.29, 0.717) is 31.9 Å². The minimum atomic E-state index is -4.44. The average molecular weight is 415 g/mol. The second-order valence-electron chi connectivity index (χ2n) is 7.27. The molecule has 0 aromatic carbocycles. The number of imidazole rings is 1. The Morgan fingerprint density at radius 3 is 2.64 bits per heavy atom. The van der Waals surface area contributed by atoms with Gasteiger partial charge in [-0.3, -0.25) is 0 Å². The molecule has 0 saturated carbocycles. The molecule has 28 heavy (non-hydrogen) atoms. The Morgan fingerprint density at radius 1 is 1.25 bits per heavy atom. The van der Waals surface area contributed by atoms with Crippen LogP contribution in [0.4, 0.5) is 19.0 Å². The molecule has 0 amide bonds. The highest BCUT2D eigenvalue weighted by Gasteiger charge is 2.47. The molecule has 2 fully saturated rings. The third-order valence-electron chi connectivity index (χ3n) is 5.55. The van der Waals surface area contributed by atoms with E-state index in [9.17, 15) is 21.6 Å². The fourth-order valence-corrected chi connectivity index (χ4v) is 5.67. The third kappa shape index (κ3) is 3.16. The van der Waals surface area contributed by atoms with Gasteiger partial charge in [0.15, 0.2) is 5.03 Å². The molecule has 2 aromatic rings. The van der Waals surface area contributed by atoms with Gasteiger partial charge < -0.3 is 9.47 Å². The molecule has 0 spiro atoms. The van der Waals surface area contributed by atoms with Crippen molar-refractivity contribution in [2.45, 2.75) is 30.6 Å². The number of hydrogen-bond donors (Lipinski definition) is 0. The molecule has 0 aliphatic carbocycles. The summed E-state index contributed by atoms with van der Waals surface area (Å²) in [5.41, 5.74) is -0.761. The van der Waals surface area contributed by atoms with Gasteiger partial charge in [0, 0.05) is 45.1 Å². The van der Waals surface area contributed by atoms with Gasteiger partial charge in [-0.1, -0.05) is 0 Å². The van der Waals surface area contributed by atoms with E-state index in [1.54, 1.807) is 23.4 Å². The molecule has 2 aliphatic heterocycles. The van der Waals surface area contributed by atoms with Gasteiger partial charge in [-0.2, -0.15) is 17.5 Å². The number of anilines is 1. The molecule has 0 N–H and O–H groups in total. The lowest BCUT2D eigenvalue weighted by Gasteiger charge is -2.24. The molecule has 2 aromatic heterocycles. The van der Waals surface area contributed by atoms with E-state index in [2.05, 4.69) is 9.97 Å². The summed E-state index contributed by atoms with van der Waals surface area (Å²) in [4.78, 5) is 9.94. The third-order valence-corrected chi connectivity index (χ3v) is 7.35. The summed E-state index contributed by atoms with van der Waals surface area (Å²) in [6, 6.07) is 1.64. The molecule has 4 rings (SSSR count). The Bertz CT molecular complexity index is 985. The van der Waals surface area contributed by atoms with Gasteiger partial charge in [0.1, 0.15) is 11.6 Å². The van der Waals surface area contributed by atoms with Crippen LogP contribution in [0, 0.1) is 12.8 Å². The molecular formula is C17H20F3N5O2S. The van der Waals surface area contributed by atoms with Gasteiger partial charge in [-0.05, 0) is 31.4 Å². The van der Waals surface area contributed by atoms with Crippen molar-refractivity contribution in [3.63, 3.8) is 0 Å². The number of rotatable bonds is 3. The van der Waals surface area contributed by atoms with Crippen molar-refractivity contribution in [2.75, 3.05) is 24.5 Å². The highest BCUT2D eigenvalue weighted by molar-refractivity contribution is 7.89. The summed E-state index contributed by atoms with van der Waals surface area (Å²) in [5, 5.41) is 0.00351. The molecule has 4 heterocycles. The van der Waals surface area contributed by atoms with Gasteiger partial charge in [-0.15, -0.1) is 0 Å². The Hall–Kier alpha value is -2.14. The number of hydrogen-bond acceptors (Lipinski definition) is 5. The molecular weight excluding hydrogens is 395 g/mol. The van der Waals surface area contributed by atoms with Crippen LogP contribution in [0.25, 0.3) is 0 Å². The van der Waals surface area contributed by atoms with Crippen LogP contribution in [0.5, 0.6) is 0 Å². The molecule has 2 atom stereocenters. The first-order valence-electron chi connectivity index (χ1n) is 8.87. The maximum absolute atomic E-state index is 13.0. The average Bonchev–Trinajstić information content (AvgIpc) is 3.29. The van der Waals surface area contributed by atoms with Gasteiger partial charge in [0.2, 0.25) is 0 Å². The second kappa shape index (κ2) is 6.45. The molecule has 0 radical (unpaired) electrons. The number of fused-ring (bicyclic) bond motifs is 1. The summed E-state index contributed by atoms with van der Waals surface area (Å²) in [6.45, 7) is 2.90. The van der Waals surface area contributed by atoms with Gasteiger partial charge in [-0.25, -0.2) is 18.4 Å². The first kappa shape index (κ1) is 19.2. The summed E-state index contributed by atoms with van der Waals surface area (Å²) < 4.78 is 68.1. The molecule has 0 bridgehead atoms. The van der Waals surface area contributed by atoms with Crippen LogP contribution < -0.4 is 4.90 Å². The zero-order chi connectivity index (χ0) is 20.3. The Labute approximate surface area is 160 Å². The summed E-state index contributed by atoms with van der Waals surface area (Å²) in [5.74, 6) is 0.863. The minimum absolute atomic E-state index is 0.00351. The van der Waals surface area contributed by atoms with Crippen molar-refractivity contribution in [1.29, 1.82) is 0 Å². The van der Waals surface area contributed by atoms with E-state index in [0.717, 1.165) is 18.3 Å². The first-order chi connectivity index (χ1) is 13.1. The normalized spacial score (nSPS) is 23.4. The van der Waals surface area contributed by atoms with Crippen LogP contribution in [-0.4, -0.2) is 52.9 Å². The second-order valence-corrected chi connectivity index (χ2v) is 9.11. The molecule has 2 unspecified atom stereocenters. The minimum Gasteiger partial charge on any atom is -0.355 e. The van der Waals surface area contributed by atoms with Crippen molar-refractivity contribution in [2.24, 2.45) is 13.0 Å². The molecule has 2 saturated heterocycles. The zero-order valence-electron chi connectivity index (χ0n) is 15.4. The maximum atomic E-state index is 13.0. The fourth-order valence-electron chi connectivity index (χ4n) is 3.95. The number of aryl methyl sites for hydroxylation is 2. The standard InChI is InChI=1S/C17H20F3N5O2S/c1-11-22-16(10-23(11)2)28(26,27)25-6-4-12-8-24(9-14(12)25)15-7-13(3-5-21-15)17(18,19)20/h3,5,7,10,12,14H,4,6,8-9H2,1-2H3. The lowest BCUT2D eigenvalue weighted by atomic mass is 10.1. The van der Waals surface area contributed by atoms with E-state index >= 15 is 0 Å². The number of pyridine rings is 1. The number of aromatic nitrogens is 3. The van der Waals surface area contributed by atoms with Crippen molar-refractivity contribution in [3.05, 3.63) is 35.9 Å². The number of alkyl halides is 3. The van der Waals surface area contributed by atoms with Crippen LogP contribution in [0.15, 0.2) is 29.6 Å². The molecule has 152 valence electrons.